The maximum atomic E-state index is 11.9. The molecular formula is C19H23NO3S. The summed E-state index contributed by atoms with van der Waals surface area (Å²) in [4.78, 5) is 11.9. The lowest BCUT2D eigenvalue weighted by molar-refractivity contribution is -0.113. The minimum absolute atomic E-state index is 0.00428. The molecule has 0 saturated heterocycles. The quantitative estimate of drug-likeness (QED) is 0.694. The maximum Gasteiger partial charge on any atom is 0.234 e. The van der Waals surface area contributed by atoms with E-state index in [2.05, 4.69) is 12.2 Å². The Morgan fingerprint density at radius 3 is 2.38 bits per heavy atom. The molecule has 0 aliphatic rings. The van der Waals surface area contributed by atoms with Gasteiger partial charge in [-0.05, 0) is 55.5 Å². The summed E-state index contributed by atoms with van der Waals surface area (Å²) < 4.78 is 10.7. The van der Waals surface area contributed by atoms with Gasteiger partial charge in [0.15, 0.2) is 0 Å². The fourth-order valence-corrected chi connectivity index (χ4v) is 2.75. The van der Waals surface area contributed by atoms with E-state index in [4.69, 9.17) is 9.47 Å². The van der Waals surface area contributed by atoms with Crippen molar-refractivity contribution < 1.29 is 14.3 Å². The number of aryl methyl sites for hydroxylation is 1. The second-order valence-electron chi connectivity index (χ2n) is 5.34. The first-order chi connectivity index (χ1) is 11.7. The predicted molar refractivity (Wildman–Crippen MR) is 100 cm³/mol. The molecular weight excluding hydrogens is 322 g/mol. The first-order valence-electron chi connectivity index (χ1n) is 7.88. The van der Waals surface area contributed by atoms with Crippen molar-refractivity contribution in [1.82, 2.24) is 0 Å². The monoisotopic (exact) mass is 345 g/mol. The Morgan fingerprint density at radius 2 is 1.71 bits per heavy atom. The molecule has 24 heavy (non-hydrogen) atoms. The standard InChI is InChI=1S/C19H23NO3S/c1-15-4-8-18(9-5-15)23-12-3-13-24-14-19(21)20-16-6-10-17(22-2)11-7-16/h4-11H,3,12-14H2,1-2H3,(H,20,21). The van der Waals surface area contributed by atoms with Crippen LogP contribution in [-0.2, 0) is 4.79 Å². The molecule has 0 saturated carbocycles. The Hall–Kier alpha value is -2.14. The smallest absolute Gasteiger partial charge is 0.234 e. The van der Waals surface area contributed by atoms with E-state index in [1.54, 1.807) is 18.9 Å². The van der Waals surface area contributed by atoms with Crippen molar-refractivity contribution in [3.8, 4) is 11.5 Å². The number of rotatable bonds is 9. The van der Waals surface area contributed by atoms with E-state index in [-0.39, 0.29) is 5.91 Å². The second-order valence-corrected chi connectivity index (χ2v) is 6.45. The van der Waals surface area contributed by atoms with Gasteiger partial charge in [0.25, 0.3) is 0 Å². The van der Waals surface area contributed by atoms with Gasteiger partial charge in [-0.25, -0.2) is 0 Å². The van der Waals surface area contributed by atoms with E-state index in [0.717, 1.165) is 29.4 Å². The van der Waals surface area contributed by atoms with Gasteiger partial charge in [0.1, 0.15) is 11.5 Å². The van der Waals surface area contributed by atoms with Crippen LogP contribution < -0.4 is 14.8 Å². The Kier molecular flexibility index (Phi) is 7.49. The number of thioether (sulfide) groups is 1. The summed E-state index contributed by atoms with van der Waals surface area (Å²) in [6.45, 7) is 2.72. The molecule has 1 N–H and O–H groups in total. The van der Waals surface area contributed by atoms with Crippen LogP contribution in [0.15, 0.2) is 48.5 Å². The Morgan fingerprint density at radius 1 is 1.04 bits per heavy atom. The van der Waals surface area contributed by atoms with Gasteiger partial charge in [-0.2, -0.15) is 11.8 Å². The molecule has 2 rings (SSSR count). The lowest BCUT2D eigenvalue weighted by atomic mass is 10.2. The van der Waals surface area contributed by atoms with Crippen LogP contribution in [0.25, 0.3) is 0 Å². The highest BCUT2D eigenvalue weighted by Crippen LogP contribution is 2.16. The number of hydrogen-bond acceptors (Lipinski definition) is 4. The highest BCUT2D eigenvalue weighted by atomic mass is 32.2. The van der Waals surface area contributed by atoms with Crippen LogP contribution >= 0.6 is 11.8 Å². The van der Waals surface area contributed by atoms with Gasteiger partial charge in [-0.1, -0.05) is 17.7 Å². The zero-order valence-corrected chi connectivity index (χ0v) is 14.9. The molecule has 0 atom stereocenters. The number of anilines is 1. The normalized spacial score (nSPS) is 10.2. The molecule has 5 heteroatoms. The van der Waals surface area contributed by atoms with E-state index in [1.165, 1.54) is 5.56 Å². The molecule has 2 aromatic rings. The fourth-order valence-electron chi connectivity index (χ4n) is 2.02. The van der Waals surface area contributed by atoms with Crippen LogP contribution in [0.4, 0.5) is 5.69 Å². The maximum absolute atomic E-state index is 11.9. The number of methoxy groups -OCH3 is 1. The fraction of sp³-hybridized carbons (Fsp3) is 0.316. The van der Waals surface area contributed by atoms with Crippen molar-refractivity contribution in [3.63, 3.8) is 0 Å². The number of hydrogen-bond donors (Lipinski definition) is 1. The molecule has 0 bridgehead atoms. The summed E-state index contributed by atoms with van der Waals surface area (Å²) in [5.41, 5.74) is 2.00. The van der Waals surface area contributed by atoms with Crippen molar-refractivity contribution in [3.05, 3.63) is 54.1 Å². The topological polar surface area (TPSA) is 47.6 Å². The number of nitrogens with one attached hydrogen (secondary N) is 1. The van der Waals surface area contributed by atoms with Crippen LogP contribution in [0.2, 0.25) is 0 Å². The SMILES string of the molecule is COc1ccc(NC(=O)CSCCCOc2ccc(C)cc2)cc1. The Balaban J connectivity index is 1.56. The van der Waals surface area contributed by atoms with E-state index in [9.17, 15) is 4.79 Å². The third-order valence-electron chi connectivity index (χ3n) is 3.33. The molecule has 0 unspecified atom stereocenters. The number of amides is 1. The summed E-state index contributed by atoms with van der Waals surface area (Å²) in [5.74, 6) is 3.00. The van der Waals surface area contributed by atoms with Crippen molar-refractivity contribution in [2.75, 3.05) is 30.5 Å². The Bertz CT molecular complexity index is 626. The second kappa shape index (κ2) is 9.88. The first-order valence-corrected chi connectivity index (χ1v) is 9.04. The third-order valence-corrected chi connectivity index (χ3v) is 4.37. The van der Waals surface area contributed by atoms with E-state index < -0.39 is 0 Å². The largest absolute Gasteiger partial charge is 0.497 e. The summed E-state index contributed by atoms with van der Waals surface area (Å²) >= 11 is 1.61. The van der Waals surface area contributed by atoms with Crippen molar-refractivity contribution in [2.24, 2.45) is 0 Å². The van der Waals surface area contributed by atoms with Gasteiger partial charge >= 0.3 is 0 Å². The molecule has 0 aliphatic heterocycles. The molecule has 0 aliphatic carbocycles. The van der Waals surface area contributed by atoms with Gasteiger partial charge in [0.2, 0.25) is 5.91 Å². The van der Waals surface area contributed by atoms with Gasteiger partial charge in [0, 0.05) is 5.69 Å². The molecule has 0 fully saturated rings. The average Bonchev–Trinajstić information content (AvgIpc) is 2.60. The summed E-state index contributed by atoms with van der Waals surface area (Å²) in [6.07, 6.45) is 0.911. The first kappa shape index (κ1) is 18.2. The minimum Gasteiger partial charge on any atom is -0.497 e. The molecule has 0 radical (unpaired) electrons. The van der Waals surface area contributed by atoms with E-state index in [1.807, 2.05) is 48.5 Å². The molecule has 0 aromatic heterocycles. The highest BCUT2D eigenvalue weighted by molar-refractivity contribution is 7.99. The van der Waals surface area contributed by atoms with E-state index >= 15 is 0 Å². The van der Waals surface area contributed by atoms with Gasteiger partial charge in [-0.15, -0.1) is 0 Å². The average molecular weight is 345 g/mol. The molecule has 4 nitrogen and oxygen atoms in total. The number of ether oxygens (including phenoxy) is 2. The zero-order chi connectivity index (χ0) is 17.2. The van der Waals surface area contributed by atoms with Gasteiger partial charge in [0.05, 0.1) is 19.5 Å². The number of benzene rings is 2. The number of carbonyl (C=O) groups is 1. The van der Waals surface area contributed by atoms with Crippen LogP contribution in [0.5, 0.6) is 11.5 Å². The minimum atomic E-state index is 0.00428. The van der Waals surface area contributed by atoms with Crippen LogP contribution in [0.3, 0.4) is 0 Å². The highest BCUT2D eigenvalue weighted by Gasteiger charge is 2.03. The van der Waals surface area contributed by atoms with Crippen LogP contribution in [-0.4, -0.2) is 31.1 Å². The zero-order valence-electron chi connectivity index (χ0n) is 14.1. The van der Waals surface area contributed by atoms with Crippen molar-refractivity contribution >= 4 is 23.4 Å². The predicted octanol–water partition coefficient (Wildman–Crippen LogP) is 4.14. The molecule has 2 aromatic carbocycles. The van der Waals surface area contributed by atoms with Gasteiger partial charge < -0.3 is 14.8 Å². The summed E-state index contributed by atoms with van der Waals surface area (Å²) in [6, 6.07) is 15.3. The van der Waals surface area contributed by atoms with Crippen molar-refractivity contribution in [2.45, 2.75) is 13.3 Å². The summed E-state index contributed by atoms with van der Waals surface area (Å²) in [7, 11) is 1.62. The summed E-state index contributed by atoms with van der Waals surface area (Å²) in [5, 5.41) is 2.87. The number of carbonyl (C=O) groups excluding carboxylic acids is 1. The lowest BCUT2D eigenvalue weighted by Gasteiger charge is -2.07. The van der Waals surface area contributed by atoms with Crippen LogP contribution in [0, 0.1) is 6.92 Å². The third kappa shape index (κ3) is 6.54. The van der Waals surface area contributed by atoms with Gasteiger partial charge in [-0.3, -0.25) is 4.79 Å². The van der Waals surface area contributed by atoms with Crippen molar-refractivity contribution in [1.29, 1.82) is 0 Å². The molecule has 0 spiro atoms. The molecule has 1 amide bonds. The lowest BCUT2D eigenvalue weighted by Crippen LogP contribution is -2.14. The molecule has 0 heterocycles. The Labute approximate surface area is 147 Å². The molecule has 128 valence electrons. The van der Waals surface area contributed by atoms with Crippen LogP contribution in [0.1, 0.15) is 12.0 Å². The van der Waals surface area contributed by atoms with E-state index in [0.29, 0.717) is 12.4 Å².